The summed E-state index contributed by atoms with van der Waals surface area (Å²) in [5.74, 6) is 0. The van der Waals surface area contributed by atoms with Crippen molar-refractivity contribution >= 4 is 65.2 Å². The van der Waals surface area contributed by atoms with E-state index >= 15 is 0 Å². The van der Waals surface area contributed by atoms with Crippen LogP contribution in [0, 0.1) is 0 Å². The third kappa shape index (κ3) is 4.92. The molecule has 0 atom stereocenters. The predicted molar refractivity (Wildman–Crippen MR) is 224 cm³/mol. The van der Waals surface area contributed by atoms with Crippen molar-refractivity contribution in [3.63, 3.8) is 0 Å². The van der Waals surface area contributed by atoms with Gasteiger partial charge in [-0.05, 0) is 69.1 Å². The first-order chi connectivity index (χ1) is 26.7. The van der Waals surface area contributed by atoms with Crippen molar-refractivity contribution in [1.82, 2.24) is 19.9 Å². The van der Waals surface area contributed by atoms with Gasteiger partial charge in [-0.1, -0.05) is 140 Å². The molecule has 4 heteroatoms. The highest BCUT2D eigenvalue weighted by molar-refractivity contribution is 6.21. The van der Waals surface area contributed by atoms with Crippen molar-refractivity contribution < 1.29 is 0 Å². The molecule has 4 nitrogen and oxygen atoms in total. The first-order valence-electron chi connectivity index (χ1n) is 18.2. The van der Waals surface area contributed by atoms with Gasteiger partial charge in [-0.15, -0.1) is 0 Å². The highest BCUT2D eigenvalue weighted by Gasteiger charge is 2.19. The van der Waals surface area contributed by atoms with Gasteiger partial charge in [0.1, 0.15) is 0 Å². The van der Waals surface area contributed by atoms with E-state index < -0.39 is 0 Å². The quantitative estimate of drug-likeness (QED) is 0.137. The Kier molecular flexibility index (Phi) is 6.82. The van der Waals surface area contributed by atoms with Crippen LogP contribution in [-0.2, 0) is 0 Å². The lowest BCUT2D eigenvalue weighted by molar-refractivity contribution is 1.38. The van der Waals surface area contributed by atoms with Crippen LogP contribution in [0.25, 0.3) is 110 Å². The van der Waals surface area contributed by atoms with Gasteiger partial charge in [-0.25, -0.2) is 15.0 Å². The third-order valence-corrected chi connectivity index (χ3v) is 10.7. The largest absolute Gasteiger partial charge is 0.254 e. The normalized spacial score (nSPS) is 11.7. The maximum absolute atomic E-state index is 5.39. The van der Waals surface area contributed by atoms with E-state index in [-0.39, 0.29) is 0 Å². The highest BCUT2D eigenvalue weighted by Crippen LogP contribution is 2.43. The van der Waals surface area contributed by atoms with Crippen LogP contribution in [0.5, 0.6) is 0 Å². The lowest BCUT2D eigenvalue weighted by Crippen LogP contribution is -1.95. The van der Waals surface area contributed by atoms with Gasteiger partial charge in [-0.3, -0.25) is 4.98 Å². The summed E-state index contributed by atoms with van der Waals surface area (Å²) in [6.07, 6.45) is 1.84. The number of nitrogens with zero attached hydrogens (tertiary/aromatic N) is 4. The molecule has 4 aromatic heterocycles. The summed E-state index contributed by atoms with van der Waals surface area (Å²) in [4.78, 5) is 20.5. The van der Waals surface area contributed by atoms with E-state index in [4.69, 9.17) is 19.9 Å². The lowest BCUT2D eigenvalue weighted by Gasteiger charge is -2.17. The van der Waals surface area contributed by atoms with Gasteiger partial charge in [-0.2, -0.15) is 0 Å². The Balaban J connectivity index is 1.07. The molecular weight excluding hydrogens is 657 g/mol. The summed E-state index contributed by atoms with van der Waals surface area (Å²) in [5, 5.41) is 8.93. The van der Waals surface area contributed by atoms with Crippen LogP contribution in [0.15, 0.2) is 182 Å². The van der Waals surface area contributed by atoms with Gasteiger partial charge in [0.25, 0.3) is 0 Å². The zero-order chi connectivity index (χ0) is 35.6. The van der Waals surface area contributed by atoms with Gasteiger partial charge in [0.2, 0.25) is 0 Å². The van der Waals surface area contributed by atoms with E-state index in [0.29, 0.717) is 0 Å². The van der Waals surface area contributed by atoms with Gasteiger partial charge in [0, 0.05) is 44.4 Å². The number of pyridine rings is 4. The monoisotopic (exact) mass is 686 g/mol. The Morgan fingerprint density at radius 2 is 0.759 bits per heavy atom. The first-order valence-corrected chi connectivity index (χ1v) is 18.2. The van der Waals surface area contributed by atoms with Crippen molar-refractivity contribution in [3.8, 4) is 44.9 Å². The van der Waals surface area contributed by atoms with Crippen LogP contribution < -0.4 is 0 Å². The van der Waals surface area contributed by atoms with Gasteiger partial charge < -0.3 is 0 Å². The van der Waals surface area contributed by atoms with Crippen molar-refractivity contribution in [2.24, 2.45) is 0 Å². The van der Waals surface area contributed by atoms with Gasteiger partial charge in [0.15, 0.2) is 0 Å². The van der Waals surface area contributed by atoms with E-state index in [0.717, 1.165) is 110 Å². The summed E-state index contributed by atoms with van der Waals surface area (Å²) in [5.41, 5.74) is 12.1. The van der Waals surface area contributed by atoms with Gasteiger partial charge in [0.05, 0.1) is 39.1 Å². The standard InChI is InChI=1S/C50H30N4/c1-2-9-31(10-3-1)42-25-22-32-16-20-36(29-45(32)52-42)37-21-17-33-23-26-43(53-46(33)30-37)47-38-12-4-6-14-40(38)48(41-15-7-5-13-39(41)47)44-27-24-35-19-18-34-11-8-28-51-49(34)50(35)54-44/h1-30H. The third-order valence-electron chi connectivity index (χ3n) is 10.7. The maximum atomic E-state index is 5.39. The van der Waals surface area contributed by atoms with Crippen LogP contribution in [0.4, 0.5) is 0 Å². The molecule has 0 fully saturated rings. The molecule has 0 aliphatic heterocycles. The summed E-state index contributed by atoms with van der Waals surface area (Å²) < 4.78 is 0. The second-order valence-corrected chi connectivity index (χ2v) is 13.8. The Bertz CT molecular complexity index is 3220. The average molecular weight is 687 g/mol. The fourth-order valence-corrected chi connectivity index (χ4v) is 8.05. The van der Waals surface area contributed by atoms with E-state index in [1.807, 2.05) is 18.3 Å². The summed E-state index contributed by atoms with van der Waals surface area (Å²) in [6.45, 7) is 0. The fourth-order valence-electron chi connectivity index (χ4n) is 8.05. The molecule has 0 radical (unpaired) electrons. The number of benzene rings is 7. The topological polar surface area (TPSA) is 51.6 Å². The minimum atomic E-state index is 0.911. The average Bonchev–Trinajstić information content (AvgIpc) is 3.24. The molecule has 0 bridgehead atoms. The molecule has 0 N–H and O–H groups in total. The van der Waals surface area contributed by atoms with E-state index in [1.54, 1.807) is 0 Å². The molecule has 4 heterocycles. The molecular formula is C50H30N4. The zero-order valence-electron chi connectivity index (χ0n) is 29.1. The molecule has 0 spiro atoms. The Hall–Kier alpha value is -7.30. The SMILES string of the molecule is c1ccc(-c2ccc3ccc(-c4ccc5ccc(-c6c7ccccc7c(-c7ccc8ccc9cccnc9c8n7)c7ccccc67)nc5c4)cc3n2)cc1. The molecule has 0 aliphatic rings. The number of rotatable bonds is 4. The van der Waals surface area contributed by atoms with E-state index in [1.165, 1.54) is 0 Å². The molecule has 0 unspecified atom stereocenters. The lowest BCUT2D eigenvalue weighted by atomic mass is 9.88. The molecule has 54 heavy (non-hydrogen) atoms. The second kappa shape index (κ2) is 12.1. The summed E-state index contributed by atoms with van der Waals surface area (Å²) in [7, 11) is 0. The molecule has 250 valence electrons. The van der Waals surface area contributed by atoms with Crippen molar-refractivity contribution in [1.29, 1.82) is 0 Å². The molecule has 0 amide bonds. The van der Waals surface area contributed by atoms with Crippen molar-refractivity contribution in [2.45, 2.75) is 0 Å². The highest BCUT2D eigenvalue weighted by atomic mass is 14.8. The van der Waals surface area contributed by atoms with Crippen LogP contribution in [0.1, 0.15) is 0 Å². The molecule has 7 aromatic carbocycles. The van der Waals surface area contributed by atoms with Crippen molar-refractivity contribution in [2.75, 3.05) is 0 Å². The first kappa shape index (κ1) is 30.3. The molecule has 0 saturated carbocycles. The number of hydrogen-bond donors (Lipinski definition) is 0. The van der Waals surface area contributed by atoms with Crippen LogP contribution in [0.2, 0.25) is 0 Å². The molecule has 0 aliphatic carbocycles. The summed E-state index contributed by atoms with van der Waals surface area (Å²) >= 11 is 0. The maximum Gasteiger partial charge on any atom is 0.0972 e. The van der Waals surface area contributed by atoms with Crippen LogP contribution in [-0.4, -0.2) is 19.9 Å². The predicted octanol–water partition coefficient (Wildman–Crippen LogP) is 12.9. The zero-order valence-corrected chi connectivity index (χ0v) is 29.1. The smallest absolute Gasteiger partial charge is 0.0972 e. The number of aromatic nitrogens is 4. The van der Waals surface area contributed by atoms with Crippen molar-refractivity contribution in [3.05, 3.63) is 182 Å². The Morgan fingerprint density at radius 1 is 0.296 bits per heavy atom. The Labute approximate surface area is 311 Å². The van der Waals surface area contributed by atoms with Gasteiger partial charge >= 0.3 is 0 Å². The molecule has 11 rings (SSSR count). The Morgan fingerprint density at radius 3 is 1.37 bits per heavy atom. The second-order valence-electron chi connectivity index (χ2n) is 13.8. The molecule has 11 aromatic rings. The van der Waals surface area contributed by atoms with E-state index in [2.05, 4.69) is 164 Å². The fraction of sp³-hybridized carbons (Fsp3) is 0. The van der Waals surface area contributed by atoms with Crippen LogP contribution >= 0.6 is 0 Å². The number of fused-ring (bicyclic) bond motifs is 7. The summed E-state index contributed by atoms with van der Waals surface area (Å²) in [6, 6.07) is 62.0. The van der Waals surface area contributed by atoms with E-state index in [9.17, 15) is 0 Å². The van der Waals surface area contributed by atoms with Crippen LogP contribution in [0.3, 0.4) is 0 Å². The molecule has 0 saturated heterocycles. The minimum absolute atomic E-state index is 0.911. The number of hydrogen-bond acceptors (Lipinski definition) is 4. The minimum Gasteiger partial charge on any atom is -0.254 e.